The Balaban J connectivity index is 1.87. The smallest absolute Gasteiger partial charge is 0.352 e. The molecule has 0 bridgehead atoms. The number of benzene rings is 3. The first-order valence-electron chi connectivity index (χ1n) is 10.0. The van der Waals surface area contributed by atoms with Crippen molar-refractivity contribution in [2.75, 3.05) is 6.61 Å². The van der Waals surface area contributed by atoms with Crippen molar-refractivity contribution in [2.45, 2.75) is 13.5 Å². The van der Waals surface area contributed by atoms with Crippen LogP contribution in [0.15, 0.2) is 76.9 Å². The van der Waals surface area contributed by atoms with E-state index in [0.717, 1.165) is 9.13 Å². The van der Waals surface area contributed by atoms with Gasteiger partial charge in [-0.15, -0.1) is 0 Å². The average molecular weight is 622 g/mol. The summed E-state index contributed by atoms with van der Waals surface area (Å²) >= 11 is 5.75. The second-order valence-corrected chi connectivity index (χ2v) is 8.96. The maximum absolute atomic E-state index is 12.4. The van der Waals surface area contributed by atoms with Crippen molar-refractivity contribution in [3.05, 3.63) is 97.2 Å². The largest absolute Gasteiger partial charge is 0.490 e. The monoisotopic (exact) mass is 621 g/mol. The van der Waals surface area contributed by atoms with Crippen molar-refractivity contribution < 1.29 is 24.2 Å². The molecule has 6 nitrogen and oxygen atoms in total. The Morgan fingerprint density at radius 1 is 1.06 bits per heavy atom. The van der Waals surface area contributed by atoms with Gasteiger partial charge in [0.05, 0.1) is 11.1 Å². The van der Waals surface area contributed by atoms with Crippen LogP contribution in [0.3, 0.4) is 0 Å². The molecule has 2 N–H and O–H groups in total. The molecule has 8 heteroatoms. The van der Waals surface area contributed by atoms with Crippen LogP contribution >= 0.6 is 38.5 Å². The van der Waals surface area contributed by atoms with Crippen LogP contribution in [-0.4, -0.2) is 23.6 Å². The van der Waals surface area contributed by atoms with Crippen LogP contribution < -0.4 is 14.8 Å². The van der Waals surface area contributed by atoms with Crippen LogP contribution in [0.1, 0.15) is 28.4 Å². The summed E-state index contributed by atoms with van der Waals surface area (Å²) in [6.07, 6.45) is 1.37. The van der Waals surface area contributed by atoms with E-state index in [1.54, 1.807) is 42.5 Å². The number of carboxylic acids is 1. The number of halogens is 2. The highest BCUT2D eigenvalue weighted by Crippen LogP contribution is 2.38. The molecule has 0 aliphatic rings. The van der Waals surface area contributed by atoms with Crippen molar-refractivity contribution in [1.29, 1.82) is 0 Å². The molecule has 0 atom stereocenters. The maximum Gasteiger partial charge on any atom is 0.352 e. The minimum absolute atomic E-state index is 0.259. The number of amides is 1. The van der Waals surface area contributed by atoms with Crippen molar-refractivity contribution in [3.8, 4) is 11.5 Å². The number of hydrogen-bond acceptors (Lipinski definition) is 4. The molecule has 0 spiro atoms. The number of carbonyl (C=O) groups excluding carboxylic acids is 1. The fraction of sp³-hybridized carbons (Fsp3) is 0.120. The van der Waals surface area contributed by atoms with E-state index < -0.39 is 11.9 Å². The van der Waals surface area contributed by atoms with Gasteiger partial charge in [-0.3, -0.25) is 4.79 Å². The van der Waals surface area contributed by atoms with E-state index in [-0.39, 0.29) is 5.70 Å². The fourth-order valence-corrected chi connectivity index (χ4v) is 4.14. The van der Waals surface area contributed by atoms with Crippen molar-refractivity contribution in [3.63, 3.8) is 0 Å². The second-order valence-electron chi connectivity index (χ2n) is 6.86. The summed E-state index contributed by atoms with van der Waals surface area (Å²) in [4.78, 5) is 24.2. The third kappa shape index (κ3) is 7.06. The summed E-state index contributed by atoms with van der Waals surface area (Å²) in [6, 6.07) is 19.8. The van der Waals surface area contributed by atoms with Crippen molar-refractivity contribution >= 4 is 56.5 Å². The molecule has 0 aliphatic carbocycles. The van der Waals surface area contributed by atoms with E-state index >= 15 is 0 Å². The summed E-state index contributed by atoms with van der Waals surface area (Å²) < 4.78 is 13.5. The van der Waals surface area contributed by atoms with Gasteiger partial charge in [-0.25, -0.2) is 4.79 Å². The summed E-state index contributed by atoms with van der Waals surface area (Å²) in [5, 5.41) is 12.1. The van der Waals surface area contributed by atoms with Gasteiger partial charge in [0.2, 0.25) is 0 Å². The number of ether oxygens (including phenoxy) is 2. The number of hydrogen-bond donors (Lipinski definition) is 2. The molecule has 3 rings (SSSR count). The fourth-order valence-electron chi connectivity index (χ4n) is 2.96. The first-order valence-corrected chi connectivity index (χ1v) is 11.9. The maximum atomic E-state index is 12.4. The van der Waals surface area contributed by atoms with Crippen LogP contribution in [-0.2, 0) is 11.4 Å². The molecule has 0 fully saturated rings. The van der Waals surface area contributed by atoms with Crippen LogP contribution in [0, 0.1) is 3.57 Å². The molecule has 1 amide bonds. The molecule has 3 aromatic carbocycles. The zero-order valence-corrected chi connectivity index (χ0v) is 21.4. The first-order chi connectivity index (χ1) is 15.9. The third-order valence-electron chi connectivity index (χ3n) is 4.43. The van der Waals surface area contributed by atoms with E-state index in [0.29, 0.717) is 40.3 Å². The van der Waals surface area contributed by atoms with Crippen molar-refractivity contribution in [2.24, 2.45) is 0 Å². The lowest BCUT2D eigenvalue weighted by atomic mass is 10.1. The molecule has 0 saturated heterocycles. The third-order valence-corrected chi connectivity index (χ3v) is 5.69. The highest BCUT2D eigenvalue weighted by atomic mass is 127. The zero-order chi connectivity index (χ0) is 23.8. The normalized spacial score (nSPS) is 11.1. The van der Waals surface area contributed by atoms with Crippen LogP contribution in [0.25, 0.3) is 6.08 Å². The highest BCUT2D eigenvalue weighted by molar-refractivity contribution is 14.1. The Morgan fingerprint density at radius 3 is 2.48 bits per heavy atom. The van der Waals surface area contributed by atoms with E-state index in [1.807, 2.05) is 31.2 Å². The highest BCUT2D eigenvalue weighted by Gasteiger charge is 2.16. The lowest BCUT2D eigenvalue weighted by Gasteiger charge is -2.15. The minimum Gasteiger partial charge on any atom is -0.490 e. The summed E-state index contributed by atoms with van der Waals surface area (Å²) in [5.41, 5.74) is 1.64. The Labute approximate surface area is 213 Å². The molecular weight excluding hydrogens is 601 g/mol. The molecule has 0 radical (unpaired) electrons. The number of carboxylic acid groups (broad SMARTS) is 1. The summed E-state index contributed by atoms with van der Waals surface area (Å²) in [7, 11) is 0. The minimum atomic E-state index is -1.26. The quantitative estimate of drug-likeness (QED) is 0.230. The molecule has 0 heterocycles. The zero-order valence-electron chi connectivity index (χ0n) is 17.7. The van der Waals surface area contributed by atoms with Gasteiger partial charge in [-0.05, 0) is 99.0 Å². The summed E-state index contributed by atoms with van der Waals surface area (Å²) in [5.74, 6) is -0.793. The molecule has 3 aromatic rings. The SMILES string of the molecule is CCOc1cc(/C=C(/NC(=O)c2ccccc2)C(=O)O)cc(Br)c1OCc1cccc(I)c1. The number of aliphatic carboxylic acids is 1. The van der Waals surface area contributed by atoms with Crippen LogP contribution in [0.2, 0.25) is 0 Å². The predicted octanol–water partition coefficient (Wildman–Crippen LogP) is 5.89. The molecule has 0 aliphatic heterocycles. The average Bonchev–Trinajstić information content (AvgIpc) is 2.79. The van der Waals surface area contributed by atoms with Gasteiger partial charge in [-0.1, -0.05) is 30.3 Å². The second kappa shape index (κ2) is 11.9. The lowest BCUT2D eigenvalue weighted by molar-refractivity contribution is -0.132. The standard InChI is InChI=1S/C25H21BrINO5/c1-2-32-22-14-17(12-20(26)23(22)33-15-16-7-6-10-19(27)11-16)13-21(25(30)31)28-24(29)18-8-4-3-5-9-18/h3-14H,2,15H2,1H3,(H,28,29)(H,30,31)/b21-13+. The molecule has 170 valence electrons. The van der Waals surface area contributed by atoms with Gasteiger partial charge < -0.3 is 19.9 Å². The number of carbonyl (C=O) groups is 2. The van der Waals surface area contributed by atoms with E-state index in [2.05, 4.69) is 43.8 Å². The Hall–Kier alpha value is -2.85. The van der Waals surface area contributed by atoms with Crippen LogP contribution in [0.4, 0.5) is 0 Å². The lowest BCUT2D eigenvalue weighted by Crippen LogP contribution is -2.27. The van der Waals surface area contributed by atoms with Gasteiger partial charge in [0.1, 0.15) is 12.3 Å². The summed E-state index contributed by atoms with van der Waals surface area (Å²) in [6.45, 7) is 2.59. The Bertz CT molecular complexity index is 1180. The Morgan fingerprint density at radius 2 is 1.82 bits per heavy atom. The van der Waals surface area contributed by atoms with E-state index in [4.69, 9.17) is 9.47 Å². The van der Waals surface area contributed by atoms with E-state index in [9.17, 15) is 14.7 Å². The van der Waals surface area contributed by atoms with Gasteiger partial charge in [-0.2, -0.15) is 0 Å². The molecule has 33 heavy (non-hydrogen) atoms. The number of nitrogens with one attached hydrogen (secondary N) is 1. The van der Waals surface area contributed by atoms with Crippen molar-refractivity contribution in [1.82, 2.24) is 5.32 Å². The molecule has 0 unspecified atom stereocenters. The molecule has 0 aromatic heterocycles. The topological polar surface area (TPSA) is 84.9 Å². The predicted molar refractivity (Wildman–Crippen MR) is 138 cm³/mol. The van der Waals surface area contributed by atoms with Gasteiger partial charge in [0.25, 0.3) is 5.91 Å². The van der Waals surface area contributed by atoms with E-state index in [1.165, 1.54) is 6.08 Å². The van der Waals surface area contributed by atoms with Gasteiger partial charge in [0, 0.05) is 9.13 Å². The molecular formula is C25H21BrINO5. The van der Waals surface area contributed by atoms with Gasteiger partial charge >= 0.3 is 5.97 Å². The molecule has 0 saturated carbocycles. The van der Waals surface area contributed by atoms with Gasteiger partial charge in [0.15, 0.2) is 11.5 Å². The first kappa shape index (κ1) is 24.8. The Kier molecular flexibility index (Phi) is 8.90. The van der Waals surface area contributed by atoms with Crippen LogP contribution in [0.5, 0.6) is 11.5 Å². The number of rotatable bonds is 9.